The lowest BCUT2D eigenvalue weighted by Crippen LogP contribution is -2.29. The summed E-state index contributed by atoms with van der Waals surface area (Å²) in [6, 6.07) is 3.80. The lowest BCUT2D eigenvalue weighted by atomic mass is 10.2. The van der Waals surface area contributed by atoms with Gasteiger partial charge < -0.3 is 15.5 Å². The van der Waals surface area contributed by atoms with Crippen LogP contribution in [0, 0.1) is 5.92 Å². The molecule has 0 aliphatic heterocycles. The Morgan fingerprint density at radius 2 is 2.54 bits per heavy atom. The van der Waals surface area contributed by atoms with E-state index in [1.54, 1.807) is 6.26 Å². The molecule has 0 aromatic carbocycles. The third kappa shape index (κ3) is 3.57. The van der Waals surface area contributed by atoms with Crippen molar-refractivity contribution in [1.82, 2.24) is 5.32 Å². The lowest BCUT2D eigenvalue weighted by Gasteiger charge is -2.09. The van der Waals surface area contributed by atoms with Crippen LogP contribution in [0.15, 0.2) is 22.8 Å². The number of nitrogens with one attached hydrogen (secondary N) is 1. The molecule has 1 atom stereocenters. The zero-order chi connectivity index (χ0) is 9.68. The number of nitrogens with two attached hydrogens (primary N) is 1. The van der Waals surface area contributed by atoms with E-state index in [9.17, 15) is 0 Å². The fraction of sp³-hybridized carbons (Fsp3) is 0.444. The molecule has 1 aromatic heterocycles. The first-order chi connectivity index (χ1) is 6.20. The van der Waals surface area contributed by atoms with E-state index in [0.29, 0.717) is 4.99 Å². The average Bonchev–Trinajstić information content (AvgIpc) is 2.56. The Balaban J connectivity index is 2.18. The minimum atomic E-state index is 0.227. The van der Waals surface area contributed by atoms with Gasteiger partial charge in [-0.25, -0.2) is 0 Å². The predicted octanol–water partition coefficient (Wildman–Crippen LogP) is 1.29. The maximum Gasteiger partial charge on any atom is 0.117 e. The van der Waals surface area contributed by atoms with Crippen molar-refractivity contribution < 1.29 is 4.42 Å². The van der Waals surface area contributed by atoms with Crippen molar-refractivity contribution in [3.05, 3.63) is 24.2 Å². The van der Waals surface area contributed by atoms with E-state index >= 15 is 0 Å². The van der Waals surface area contributed by atoms with Gasteiger partial charge in [-0.1, -0.05) is 19.1 Å². The summed E-state index contributed by atoms with van der Waals surface area (Å²) in [7, 11) is 0. The van der Waals surface area contributed by atoms with Crippen LogP contribution in [0.25, 0.3) is 0 Å². The van der Waals surface area contributed by atoms with Gasteiger partial charge in [0, 0.05) is 12.5 Å². The monoisotopic (exact) mass is 198 g/mol. The average molecular weight is 198 g/mol. The molecule has 0 bridgehead atoms. The third-order valence-corrected chi connectivity index (χ3v) is 2.22. The fourth-order valence-corrected chi connectivity index (χ4v) is 1.01. The standard InChI is InChI=1S/C9H14N2OS/c1-7(9(10)13)5-11-6-8-3-2-4-12-8/h2-4,7,11H,5-6H2,1H3,(H2,10,13). The number of furan rings is 1. The first kappa shape index (κ1) is 10.2. The van der Waals surface area contributed by atoms with Crippen LogP contribution in [-0.4, -0.2) is 11.5 Å². The van der Waals surface area contributed by atoms with Crippen LogP contribution in [0.1, 0.15) is 12.7 Å². The van der Waals surface area contributed by atoms with Gasteiger partial charge in [0.25, 0.3) is 0 Å². The number of hydrogen-bond donors (Lipinski definition) is 2. The second kappa shape index (κ2) is 4.99. The molecule has 1 aromatic rings. The van der Waals surface area contributed by atoms with Crippen LogP contribution >= 0.6 is 12.2 Å². The Hall–Kier alpha value is -0.870. The largest absolute Gasteiger partial charge is 0.468 e. The Morgan fingerprint density at radius 3 is 3.08 bits per heavy atom. The molecule has 1 rings (SSSR count). The van der Waals surface area contributed by atoms with Gasteiger partial charge in [0.15, 0.2) is 0 Å². The Morgan fingerprint density at radius 1 is 1.77 bits per heavy atom. The second-order valence-corrected chi connectivity index (χ2v) is 3.49. The van der Waals surface area contributed by atoms with Crippen molar-refractivity contribution in [2.45, 2.75) is 13.5 Å². The van der Waals surface area contributed by atoms with Crippen molar-refractivity contribution in [2.75, 3.05) is 6.54 Å². The molecule has 4 heteroatoms. The quantitative estimate of drug-likeness (QED) is 0.700. The second-order valence-electron chi connectivity index (χ2n) is 3.01. The highest BCUT2D eigenvalue weighted by Crippen LogP contribution is 1.99. The van der Waals surface area contributed by atoms with E-state index in [-0.39, 0.29) is 5.92 Å². The zero-order valence-corrected chi connectivity index (χ0v) is 8.43. The van der Waals surface area contributed by atoms with Gasteiger partial charge in [0.1, 0.15) is 5.76 Å². The summed E-state index contributed by atoms with van der Waals surface area (Å²) in [4.78, 5) is 0.548. The maximum absolute atomic E-state index is 5.46. The van der Waals surface area contributed by atoms with Gasteiger partial charge in [-0.3, -0.25) is 0 Å². The molecule has 13 heavy (non-hydrogen) atoms. The van der Waals surface area contributed by atoms with E-state index in [1.165, 1.54) is 0 Å². The number of thiocarbonyl (C=S) groups is 1. The van der Waals surface area contributed by atoms with E-state index in [4.69, 9.17) is 22.4 Å². The normalized spacial score (nSPS) is 12.7. The van der Waals surface area contributed by atoms with Crippen LogP contribution in [0.4, 0.5) is 0 Å². The molecule has 3 nitrogen and oxygen atoms in total. The lowest BCUT2D eigenvalue weighted by molar-refractivity contribution is 0.476. The van der Waals surface area contributed by atoms with Gasteiger partial charge in [-0.15, -0.1) is 0 Å². The van der Waals surface area contributed by atoms with Crippen LogP contribution in [0.3, 0.4) is 0 Å². The highest BCUT2D eigenvalue weighted by Gasteiger charge is 2.04. The van der Waals surface area contributed by atoms with Crippen LogP contribution in [0.2, 0.25) is 0 Å². The van der Waals surface area contributed by atoms with Gasteiger partial charge >= 0.3 is 0 Å². The van der Waals surface area contributed by atoms with Crippen LogP contribution in [0.5, 0.6) is 0 Å². The van der Waals surface area contributed by atoms with Crippen molar-refractivity contribution >= 4 is 17.2 Å². The molecule has 0 saturated heterocycles. The molecule has 0 aliphatic rings. The van der Waals surface area contributed by atoms with Crippen molar-refractivity contribution in [3.8, 4) is 0 Å². The van der Waals surface area contributed by atoms with Crippen LogP contribution in [-0.2, 0) is 6.54 Å². The van der Waals surface area contributed by atoms with Crippen molar-refractivity contribution in [2.24, 2.45) is 11.7 Å². The first-order valence-electron chi connectivity index (χ1n) is 4.22. The molecule has 0 spiro atoms. The van der Waals surface area contributed by atoms with E-state index < -0.39 is 0 Å². The maximum atomic E-state index is 5.46. The minimum absolute atomic E-state index is 0.227. The minimum Gasteiger partial charge on any atom is -0.468 e. The molecule has 0 radical (unpaired) electrons. The molecule has 3 N–H and O–H groups in total. The molecule has 0 aliphatic carbocycles. The Labute approximate surface area is 83.3 Å². The number of rotatable bonds is 5. The summed E-state index contributed by atoms with van der Waals surface area (Å²) < 4.78 is 5.15. The topological polar surface area (TPSA) is 51.2 Å². The SMILES string of the molecule is CC(CNCc1ccco1)C(N)=S. The van der Waals surface area contributed by atoms with Crippen molar-refractivity contribution in [3.63, 3.8) is 0 Å². The Bertz CT molecular complexity index is 259. The molecular weight excluding hydrogens is 184 g/mol. The van der Waals surface area contributed by atoms with E-state index in [1.807, 2.05) is 19.1 Å². The molecular formula is C9H14N2OS. The summed E-state index contributed by atoms with van der Waals surface area (Å²) in [5, 5.41) is 3.21. The Kier molecular flexibility index (Phi) is 3.92. The van der Waals surface area contributed by atoms with Gasteiger partial charge in [-0.05, 0) is 12.1 Å². The summed E-state index contributed by atoms with van der Waals surface area (Å²) in [5.41, 5.74) is 5.46. The van der Waals surface area contributed by atoms with Gasteiger partial charge in [0.05, 0.1) is 17.8 Å². The van der Waals surface area contributed by atoms with Crippen molar-refractivity contribution in [1.29, 1.82) is 0 Å². The summed E-state index contributed by atoms with van der Waals surface area (Å²) >= 11 is 4.85. The van der Waals surface area contributed by atoms with E-state index in [2.05, 4.69) is 5.32 Å². The fourth-order valence-electron chi connectivity index (χ4n) is 0.926. The molecule has 72 valence electrons. The molecule has 1 unspecified atom stereocenters. The summed E-state index contributed by atoms with van der Waals surface area (Å²) in [6.07, 6.45) is 1.66. The highest BCUT2D eigenvalue weighted by molar-refractivity contribution is 7.80. The number of hydrogen-bond acceptors (Lipinski definition) is 3. The van der Waals surface area contributed by atoms with Crippen LogP contribution < -0.4 is 11.1 Å². The summed E-state index contributed by atoms with van der Waals surface area (Å²) in [5.74, 6) is 1.15. The van der Waals surface area contributed by atoms with Gasteiger partial charge in [0.2, 0.25) is 0 Å². The highest BCUT2D eigenvalue weighted by atomic mass is 32.1. The molecule has 0 saturated carbocycles. The van der Waals surface area contributed by atoms with E-state index in [0.717, 1.165) is 18.8 Å². The van der Waals surface area contributed by atoms with Gasteiger partial charge in [-0.2, -0.15) is 0 Å². The molecule has 0 fully saturated rings. The smallest absolute Gasteiger partial charge is 0.117 e. The predicted molar refractivity (Wildman–Crippen MR) is 56.4 cm³/mol. The molecule has 1 heterocycles. The summed E-state index contributed by atoms with van der Waals surface area (Å²) in [6.45, 7) is 3.51. The first-order valence-corrected chi connectivity index (χ1v) is 4.63. The third-order valence-electron chi connectivity index (χ3n) is 1.82. The molecule has 0 amide bonds. The zero-order valence-electron chi connectivity index (χ0n) is 7.62.